The summed E-state index contributed by atoms with van der Waals surface area (Å²) in [5, 5.41) is 0. The molecule has 2 heterocycles. The van der Waals surface area contributed by atoms with Crippen molar-refractivity contribution in [3.05, 3.63) is 163 Å². The molecule has 0 unspecified atom stereocenters. The number of carbonyl (C=O) groups excluding carboxylic acids is 2. The Morgan fingerprint density at radius 1 is 0.547 bits per heavy atom. The number of carbonyl (C=O) groups is 2. The van der Waals surface area contributed by atoms with Crippen molar-refractivity contribution in [3.8, 4) is 44.9 Å². The van der Waals surface area contributed by atoms with Gasteiger partial charge in [0, 0.05) is 22.3 Å². The fraction of sp³-hybridized carbons (Fsp3) is 0.0667. The third-order valence-electron chi connectivity index (χ3n) is 8.78. The first-order valence-corrected chi connectivity index (χ1v) is 16.9. The highest BCUT2D eigenvalue weighted by atomic mass is 16.5. The van der Waals surface area contributed by atoms with E-state index in [1.165, 1.54) is 14.2 Å². The van der Waals surface area contributed by atoms with Gasteiger partial charge in [-0.1, -0.05) is 97.6 Å². The number of methoxy groups -OCH3 is 2. The van der Waals surface area contributed by atoms with Crippen molar-refractivity contribution in [2.24, 2.45) is 0 Å². The highest BCUT2D eigenvalue weighted by molar-refractivity contribution is 5.94. The van der Waals surface area contributed by atoms with E-state index in [2.05, 4.69) is 6.58 Å². The first kappa shape index (κ1) is 34.4. The van der Waals surface area contributed by atoms with Crippen LogP contribution in [0, 0.1) is 0 Å². The van der Waals surface area contributed by atoms with Gasteiger partial charge >= 0.3 is 11.9 Å². The number of aromatic nitrogens is 4. The van der Waals surface area contributed by atoms with Gasteiger partial charge in [0.15, 0.2) is 0 Å². The van der Waals surface area contributed by atoms with E-state index in [4.69, 9.17) is 29.4 Å². The molecule has 0 spiro atoms. The normalized spacial score (nSPS) is 11.6. The van der Waals surface area contributed by atoms with Gasteiger partial charge in [0.25, 0.3) is 0 Å². The molecule has 7 aromatic rings. The number of esters is 2. The van der Waals surface area contributed by atoms with Crippen molar-refractivity contribution in [1.82, 2.24) is 19.9 Å². The first-order chi connectivity index (χ1) is 25.9. The lowest BCUT2D eigenvalue weighted by Crippen LogP contribution is -2.02. The zero-order valence-electron chi connectivity index (χ0n) is 29.4. The topological polar surface area (TPSA) is 104 Å². The van der Waals surface area contributed by atoms with Gasteiger partial charge in [0.2, 0.25) is 0 Å². The number of hydrogen-bond acceptors (Lipinski definition) is 8. The highest BCUT2D eigenvalue weighted by Gasteiger charge is 2.18. The van der Waals surface area contributed by atoms with Crippen molar-refractivity contribution >= 4 is 39.6 Å². The standard InChI is InChI=1S/C45H34N4O4/c1-5-10-28(11-6-2)40-42(30-14-18-32(19-15-30)44(50)52-3)48-38-26-34(22-24-36(38)46-40)35-23-25-37-39(27-35)49-43(41(47-37)29-12-8-7-9-13-29)31-16-20-33(21-17-31)45(51)53-4/h5-27H,1H2,2-4H3/b11-6-,28-10+. The smallest absolute Gasteiger partial charge is 0.337 e. The lowest BCUT2D eigenvalue weighted by molar-refractivity contribution is 0.0592. The highest BCUT2D eigenvalue weighted by Crippen LogP contribution is 2.35. The van der Waals surface area contributed by atoms with Crippen molar-refractivity contribution in [2.75, 3.05) is 14.2 Å². The predicted octanol–water partition coefficient (Wildman–Crippen LogP) is 9.96. The second-order valence-electron chi connectivity index (χ2n) is 12.1. The maximum atomic E-state index is 12.1. The van der Waals surface area contributed by atoms with Crippen LogP contribution < -0.4 is 0 Å². The summed E-state index contributed by atoms with van der Waals surface area (Å²) in [5.74, 6) is -0.812. The summed E-state index contributed by atoms with van der Waals surface area (Å²) in [6.07, 6.45) is 7.54. The molecule has 2 aromatic heterocycles. The van der Waals surface area contributed by atoms with Gasteiger partial charge in [-0.2, -0.15) is 0 Å². The van der Waals surface area contributed by atoms with Crippen molar-refractivity contribution in [2.45, 2.75) is 6.92 Å². The van der Waals surface area contributed by atoms with Crippen LogP contribution in [0.2, 0.25) is 0 Å². The van der Waals surface area contributed by atoms with Gasteiger partial charge in [0.1, 0.15) is 0 Å². The molecule has 0 N–H and O–H groups in total. The Balaban J connectivity index is 1.35. The van der Waals surface area contributed by atoms with Gasteiger partial charge in [-0.05, 0) is 66.6 Å². The van der Waals surface area contributed by atoms with Gasteiger partial charge in [-0.3, -0.25) is 0 Å². The molecular weight excluding hydrogens is 661 g/mol. The van der Waals surface area contributed by atoms with Crippen LogP contribution in [0.4, 0.5) is 0 Å². The molecule has 0 atom stereocenters. The van der Waals surface area contributed by atoms with E-state index in [0.29, 0.717) is 39.2 Å². The average molecular weight is 695 g/mol. The Bertz CT molecular complexity index is 2580. The van der Waals surface area contributed by atoms with E-state index < -0.39 is 11.9 Å². The molecule has 53 heavy (non-hydrogen) atoms. The molecule has 0 aliphatic carbocycles. The van der Waals surface area contributed by atoms with Crippen molar-refractivity contribution < 1.29 is 19.1 Å². The maximum absolute atomic E-state index is 12.1. The molecule has 8 heteroatoms. The van der Waals surface area contributed by atoms with Gasteiger partial charge in [-0.15, -0.1) is 0 Å². The largest absolute Gasteiger partial charge is 0.465 e. The lowest BCUT2D eigenvalue weighted by atomic mass is 10.00. The number of allylic oxidation sites excluding steroid dienone is 5. The van der Waals surface area contributed by atoms with Crippen molar-refractivity contribution in [1.29, 1.82) is 0 Å². The lowest BCUT2D eigenvalue weighted by Gasteiger charge is -2.13. The van der Waals surface area contributed by atoms with Gasteiger partial charge in [0.05, 0.1) is 70.2 Å². The Hall–Kier alpha value is -7.06. The summed E-state index contributed by atoms with van der Waals surface area (Å²) in [5.41, 5.74) is 11.9. The number of ether oxygens (including phenoxy) is 2. The Morgan fingerprint density at radius 2 is 1.00 bits per heavy atom. The molecule has 0 bridgehead atoms. The molecule has 8 nitrogen and oxygen atoms in total. The van der Waals surface area contributed by atoms with Crippen LogP contribution >= 0.6 is 0 Å². The summed E-state index contributed by atoms with van der Waals surface area (Å²) in [6.45, 7) is 5.85. The van der Waals surface area contributed by atoms with E-state index in [9.17, 15) is 9.59 Å². The maximum Gasteiger partial charge on any atom is 0.337 e. The van der Waals surface area contributed by atoms with Crippen LogP contribution in [0.3, 0.4) is 0 Å². The van der Waals surface area contributed by atoms with Crippen LogP contribution in [0.15, 0.2) is 146 Å². The minimum atomic E-state index is -0.410. The fourth-order valence-electron chi connectivity index (χ4n) is 6.15. The average Bonchev–Trinajstić information content (AvgIpc) is 3.22. The van der Waals surface area contributed by atoms with E-state index in [1.807, 2.05) is 116 Å². The minimum absolute atomic E-state index is 0.402. The number of nitrogens with zero attached hydrogens (tertiary/aromatic N) is 4. The summed E-state index contributed by atoms with van der Waals surface area (Å²) in [7, 11) is 2.73. The first-order valence-electron chi connectivity index (χ1n) is 16.9. The molecule has 258 valence electrons. The Kier molecular flexibility index (Phi) is 9.76. The van der Waals surface area contributed by atoms with E-state index in [0.717, 1.165) is 50.1 Å². The zero-order valence-corrected chi connectivity index (χ0v) is 29.4. The van der Waals surface area contributed by atoms with E-state index >= 15 is 0 Å². The number of rotatable bonds is 9. The monoisotopic (exact) mass is 694 g/mol. The fourth-order valence-corrected chi connectivity index (χ4v) is 6.15. The van der Waals surface area contributed by atoms with Crippen LogP contribution in [0.1, 0.15) is 33.3 Å². The van der Waals surface area contributed by atoms with Crippen molar-refractivity contribution in [3.63, 3.8) is 0 Å². The van der Waals surface area contributed by atoms with E-state index in [-0.39, 0.29) is 0 Å². The third kappa shape index (κ3) is 6.98. The number of hydrogen-bond donors (Lipinski definition) is 0. The molecule has 0 aliphatic heterocycles. The van der Waals surface area contributed by atoms with Crippen LogP contribution in [-0.4, -0.2) is 46.1 Å². The molecule has 5 aromatic carbocycles. The van der Waals surface area contributed by atoms with Gasteiger partial charge in [-0.25, -0.2) is 29.5 Å². The zero-order chi connectivity index (χ0) is 36.9. The number of benzene rings is 5. The van der Waals surface area contributed by atoms with Crippen LogP contribution in [0.5, 0.6) is 0 Å². The SMILES string of the molecule is C=C/C=C(\C=C/C)c1nc2ccc(-c3ccc4nc(-c5ccccc5)c(-c5ccc(C(=O)OC)cc5)nc4c3)cc2nc1-c1ccc(C(=O)OC)cc1. The predicted molar refractivity (Wildman–Crippen MR) is 210 cm³/mol. The third-order valence-corrected chi connectivity index (χ3v) is 8.78. The second-order valence-corrected chi connectivity index (χ2v) is 12.1. The molecular formula is C45H34N4O4. The van der Waals surface area contributed by atoms with Crippen LogP contribution in [-0.2, 0) is 9.47 Å². The van der Waals surface area contributed by atoms with E-state index in [1.54, 1.807) is 30.3 Å². The molecule has 7 rings (SSSR count). The minimum Gasteiger partial charge on any atom is -0.465 e. The number of fused-ring (bicyclic) bond motifs is 2. The molecule has 0 aliphatic rings. The molecule has 0 saturated carbocycles. The summed E-state index contributed by atoms with van der Waals surface area (Å²) in [6, 6.07) is 36.3. The summed E-state index contributed by atoms with van der Waals surface area (Å²) >= 11 is 0. The molecule has 0 amide bonds. The quantitative estimate of drug-likeness (QED) is 0.109. The molecule has 0 saturated heterocycles. The van der Waals surface area contributed by atoms with Gasteiger partial charge < -0.3 is 9.47 Å². The Morgan fingerprint density at radius 3 is 1.51 bits per heavy atom. The second kappa shape index (κ2) is 15.0. The summed E-state index contributed by atoms with van der Waals surface area (Å²) < 4.78 is 9.79. The molecule has 0 fully saturated rings. The Labute approximate surface area is 306 Å². The summed E-state index contributed by atoms with van der Waals surface area (Å²) in [4.78, 5) is 44.7. The molecule has 0 radical (unpaired) electrons. The van der Waals surface area contributed by atoms with Crippen LogP contribution in [0.25, 0.3) is 72.5 Å².